The van der Waals surface area contributed by atoms with Crippen LogP contribution in [0, 0.1) is 6.92 Å². The number of furan rings is 1. The van der Waals surface area contributed by atoms with Crippen molar-refractivity contribution in [1.29, 1.82) is 0 Å². The first-order valence-electron chi connectivity index (χ1n) is 6.28. The van der Waals surface area contributed by atoms with Crippen LogP contribution < -0.4 is 0 Å². The summed E-state index contributed by atoms with van der Waals surface area (Å²) in [4.78, 5) is 4.21. The van der Waals surface area contributed by atoms with Crippen molar-refractivity contribution in [2.24, 2.45) is 7.05 Å². The fourth-order valence-electron chi connectivity index (χ4n) is 2.21. The minimum atomic E-state index is -0.672. The molecular weight excluding hydrogens is 240 g/mol. The number of nitrogens with zero attached hydrogens (tertiary/aromatic N) is 2. The van der Waals surface area contributed by atoms with E-state index in [1.54, 1.807) is 6.20 Å². The number of hydrogen-bond acceptors (Lipinski definition) is 3. The second kappa shape index (κ2) is 4.55. The summed E-state index contributed by atoms with van der Waals surface area (Å²) < 4.78 is 7.59. The van der Waals surface area contributed by atoms with Gasteiger partial charge in [0.05, 0.1) is 0 Å². The summed E-state index contributed by atoms with van der Waals surface area (Å²) in [6.07, 6.45) is 3.37. The summed E-state index contributed by atoms with van der Waals surface area (Å²) >= 11 is 0. The van der Waals surface area contributed by atoms with Crippen LogP contribution in [0.2, 0.25) is 0 Å². The highest BCUT2D eigenvalue weighted by Crippen LogP contribution is 2.26. The highest BCUT2D eigenvalue weighted by molar-refractivity contribution is 5.78. The Labute approximate surface area is 111 Å². The van der Waals surface area contributed by atoms with Crippen molar-refractivity contribution in [1.82, 2.24) is 9.55 Å². The van der Waals surface area contributed by atoms with E-state index in [1.807, 2.05) is 42.9 Å². The Morgan fingerprint density at radius 2 is 2.21 bits per heavy atom. The molecule has 19 heavy (non-hydrogen) atoms. The third kappa shape index (κ3) is 2.27. The summed E-state index contributed by atoms with van der Waals surface area (Å²) in [5, 5.41) is 11.3. The van der Waals surface area contributed by atoms with Crippen molar-refractivity contribution in [2.45, 2.75) is 19.4 Å². The van der Waals surface area contributed by atoms with Crippen molar-refractivity contribution < 1.29 is 9.52 Å². The average molecular weight is 256 g/mol. The molecule has 0 saturated heterocycles. The Hall–Kier alpha value is -2.07. The zero-order valence-electron chi connectivity index (χ0n) is 11.0. The maximum atomic E-state index is 10.2. The van der Waals surface area contributed by atoms with Gasteiger partial charge in [-0.25, -0.2) is 4.98 Å². The molecule has 1 aromatic carbocycles. The van der Waals surface area contributed by atoms with Crippen LogP contribution in [-0.2, 0) is 13.5 Å². The second-order valence-electron chi connectivity index (χ2n) is 4.86. The predicted octanol–water partition coefficient (Wildman–Crippen LogP) is 2.75. The molecule has 2 heterocycles. The Kier molecular flexibility index (Phi) is 2.87. The molecule has 0 aliphatic rings. The lowest BCUT2D eigenvalue weighted by Crippen LogP contribution is -2.05. The first kappa shape index (κ1) is 12.0. The highest BCUT2D eigenvalue weighted by atomic mass is 16.4. The topological polar surface area (TPSA) is 51.2 Å². The molecule has 4 nitrogen and oxygen atoms in total. The van der Waals surface area contributed by atoms with E-state index in [4.69, 9.17) is 4.42 Å². The quantitative estimate of drug-likeness (QED) is 0.784. The van der Waals surface area contributed by atoms with E-state index in [2.05, 4.69) is 11.1 Å². The molecule has 1 atom stereocenters. The first-order valence-corrected chi connectivity index (χ1v) is 6.28. The van der Waals surface area contributed by atoms with Crippen LogP contribution in [0.15, 0.2) is 41.1 Å². The van der Waals surface area contributed by atoms with Gasteiger partial charge in [0, 0.05) is 31.2 Å². The molecule has 1 N–H and O–H groups in total. The van der Waals surface area contributed by atoms with E-state index in [1.165, 1.54) is 5.56 Å². The number of aromatic nitrogens is 2. The largest absolute Gasteiger partial charge is 0.458 e. The van der Waals surface area contributed by atoms with Crippen molar-refractivity contribution >= 4 is 11.0 Å². The van der Waals surface area contributed by atoms with Gasteiger partial charge in [-0.1, -0.05) is 11.6 Å². The van der Waals surface area contributed by atoms with Crippen LogP contribution in [0.3, 0.4) is 0 Å². The van der Waals surface area contributed by atoms with E-state index >= 15 is 0 Å². The van der Waals surface area contributed by atoms with Gasteiger partial charge < -0.3 is 14.1 Å². The van der Waals surface area contributed by atoms with Crippen molar-refractivity contribution in [3.8, 4) is 0 Å². The molecule has 0 bridgehead atoms. The molecule has 98 valence electrons. The Bertz CT molecular complexity index is 712. The van der Waals surface area contributed by atoms with Crippen molar-refractivity contribution in [3.63, 3.8) is 0 Å². The van der Waals surface area contributed by atoms with Crippen LogP contribution in [0.4, 0.5) is 0 Å². The fraction of sp³-hybridized carbons (Fsp3) is 0.267. The zero-order valence-corrected chi connectivity index (χ0v) is 11.0. The molecule has 0 aliphatic carbocycles. The molecule has 0 saturated carbocycles. The van der Waals surface area contributed by atoms with E-state index in [9.17, 15) is 5.11 Å². The van der Waals surface area contributed by atoms with Gasteiger partial charge in [-0.2, -0.15) is 0 Å². The minimum absolute atomic E-state index is 0.447. The van der Waals surface area contributed by atoms with Crippen molar-refractivity contribution in [3.05, 3.63) is 53.8 Å². The number of aryl methyl sites for hydroxylation is 2. The van der Waals surface area contributed by atoms with Gasteiger partial charge in [0.15, 0.2) is 0 Å². The van der Waals surface area contributed by atoms with Crippen LogP contribution in [-0.4, -0.2) is 14.7 Å². The molecule has 0 aliphatic heterocycles. The second-order valence-corrected chi connectivity index (χ2v) is 4.86. The van der Waals surface area contributed by atoms with Crippen molar-refractivity contribution in [2.75, 3.05) is 0 Å². The van der Waals surface area contributed by atoms with E-state index in [0.29, 0.717) is 12.2 Å². The molecular formula is C15H16N2O2. The molecule has 0 radical (unpaired) electrons. The zero-order chi connectivity index (χ0) is 13.4. The van der Waals surface area contributed by atoms with Gasteiger partial charge in [-0.15, -0.1) is 0 Å². The summed E-state index contributed by atoms with van der Waals surface area (Å²) in [6.45, 7) is 2.04. The molecule has 2 aromatic heterocycles. The molecule has 4 heteroatoms. The third-order valence-electron chi connectivity index (χ3n) is 3.32. The summed E-state index contributed by atoms with van der Waals surface area (Å²) in [7, 11) is 1.91. The number of imidazole rings is 1. The van der Waals surface area contributed by atoms with E-state index in [-0.39, 0.29) is 0 Å². The maximum absolute atomic E-state index is 10.2. The van der Waals surface area contributed by atoms with Gasteiger partial charge in [0.2, 0.25) is 0 Å². The van der Waals surface area contributed by atoms with Gasteiger partial charge in [-0.3, -0.25) is 0 Å². The lowest BCUT2D eigenvalue weighted by atomic mass is 10.1. The smallest absolute Gasteiger partial charge is 0.134 e. The third-order valence-corrected chi connectivity index (χ3v) is 3.32. The summed E-state index contributed by atoms with van der Waals surface area (Å²) in [5.41, 5.74) is 1.98. The molecule has 3 rings (SSSR count). The van der Waals surface area contributed by atoms with Crippen LogP contribution in [0.25, 0.3) is 11.0 Å². The lowest BCUT2D eigenvalue weighted by molar-refractivity contribution is 0.149. The minimum Gasteiger partial charge on any atom is -0.458 e. The average Bonchev–Trinajstić information content (AvgIpc) is 2.96. The highest BCUT2D eigenvalue weighted by Gasteiger charge is 2.16. The summed E-state index contributed by atoms with van der Waals surface area (Å²) in [5.74, 6) is 1.42. The molecule has 0 fully saturated rings. The van der Waals surface area contributed by atoms with Crippen LogP contribution in [0.1, 0.15) is 23.3 Å². The van der Waals surface area contributed by atoms with Gasteiger partial charge >= 0.3 is 0 Å². The number of aliphatic hydroxyl groups excluding tert-OH is 1. The number of fused-ring (bicyclic) bond motifs is 1. The summed E-state index contributed by atoms with van der Waals surface area (Å²) in [6, 6.07) is 7.88. The lowest BCUT2D eigenvalue weighted by Gasteiger charge is -2.07. The Balaban J connectivity index is 1.89. The monoisotopic (exact) mass is 256 g/mol. The number of rotatable bonds is 3. The Morgan fingerprint density at radius 3 is 2.95 bits per heavy atom. The Morgan fingerprint density at radius 1 is 1.37 bits per heavy atom. The van der Waals surface area contributed by atoms with Crippen LogP contribution in [0.5, 0.6) is 0 Å². The van der Waals surface area contributed by atoms with Gasteiger partial charge in [-0.05, 0) is 25.1 Å². The number of benzene rings is 1. The standard InChI is InChI=1S/C15H16N2O2/c1-10-3-4-13-11(7-10)8-14(19-13)12(18)9-15-16-5-6-17(15)2/h3-8,12,18H,9H2,1-2H3. The fourth-order valence-corrected chi connectivity index (χ4v) is 2.21. The molecule has 1 unspecified atom stereocenters. The molecule has 0 amide bonds. The van der Waals surface area contributed by atoms with Gasteiger partial charge in [0.25, 0.3) is 0 Å². The van der Waals surface area contributed by atoms with E-state index < -0.39 is 6.10 Å². The van der Waals surface area contributed by atoms with E-state index in [0.717, 1.165) is 16.8 Å². The first-order chi connectivity index (χ1) is 9.13. The number of aliphatic hydroxyl groups is 1. The number of hydrogen-bond donors (Lipinski definition) is 1. The predicted molar refractivity (Wildman–Crippen MR) is 72.8 cm³/mol. The molecule has 0 spiro atoms. The van der Waals surface area contributed by atoms with Crippen LogP contribution >= 0.6 is 0 Å². The SMILES string of the molecule is Cc1ccc2oc(C(O)Cc3nccn3C)cc2c1. The maximum Gasteiger partial charge on any atom is 0.134 e. The molecule has 3 aromatic rings. The van der Waals surface area contributed by atoms with Gasteiger partial charge in [0.1, 0.15) is 23.3 Å². The normalized spacial score (nSPS) is 13.0.